The number of halogens is 1. The van der Waals surface area contributed by atoms with Crippen molar-refractivity contribution in [2.75, 3.05) is 12.4 Å². The average Bonchev–Trinajstić information content (AvgIpc) is 2.46. The van der Waals surface area contributed by atoms with Crippen LogP contribution < -0.4 is 15.8 Å². The zero-order valence-corrected chi connectivity index (χ0v) is 11.5. The molecule has 0 bridgehead atoms. The number of hydrogen-bond donors (Lipinski definition) is 2. The number of rotatable bonds is 4. The molecule has 6 nitrogen and oxygen atoms in total. The molecule has 0 spiro atoms. The largest absolute Gasteiger partial charge is 0.481 e. The molecule has 104 valence electrons. The molecule has 1 heterocycles. The second-order valence-electron chi connectivity index (χ2n) is 3.91. The van der Waals surface area contributed by atoms with E-state index in [4.69, 9.17) is 22.1 Å². The third kappa shape index (κ3) is 3.43. The van der Waals surface area contributed by atoms with Crippen molar-refractivity contribution in [3.8, 4) is 5.88 Å². The monoisotopic (exact) mass is 292 g/mol. The van der Waals surface area contributed by atoms with Crippen LogP contribution in [0.2, 0.25) is 5.15 Å². The summed E-state index contributed by atoms with van der Waals surface area (Å²) in [4.78, 5) is 19.9. The molecule has 0 saturated carbocycles. The maximum atomic E-state index is 12.0. The Labute approximate surface area is 120 Å². The second-order valence-corrected chi connectivity index (χ2v) is 4.30. The summed E-state index contributed by atoms with van der Waals surface area (Å²) in [5.41, 5.74) is 6.92. The van der Waals surface area contributed by atoms with Gasteiger partial charge in [0.2, 0.25) is 11.8 Å². The molecule has 0 atom stereocenters. The van der Waals surface area contributed by atoms with Crippen molar-refractivity contribution in [2.24, 2.45) is 5.73 Å². The van der Waals surface area contributed by atoms with Gasteiger partial charge >= 0.3 is 0 Å². The van der Waals surface area contributed by atoms with Crippen molar-refractivity contribution in [2.45, 2.75) is 6.54 Å². The van der Waals surface area contributed by atoms with Crippen LogP contribution in [0, 0.1) is 0 Å². The van der Waals surface area contributed by atoms with E-state index in [0.717, 1.165) is 5.56 Å². The Morgan fingerprint density at radius 3 is 2.65 bits per heavy atom. The fraction of sp³-hybridized carbons (Fsp3) is 0.154. The number of anilines is 1. The Balaban J connectivity index is 2.16. The molecule has 0 saturated heterocycles. The number of carbonyl (C=O) groups excluding carboxylic acids is 1. The van der Waals surface area contributed by atoms with E-state index in [-0.39, 0.29) is 22.9 Å². The fourth-order valence-corrected chi connectivity index (χ4v) is 1.70. The smallest absolute Gasteiger partial charge is 0.258 e. The van der Waals surface area contributed by atoms with Crippen LogP contribution in [-0.2, 0) is 6.54 Å². The lowest BCUT2D eigenvalue weighted by molar-refractivity contribution is 0.102. The predicted molar refractivity (Wildman–Crippen MR) is 75.9 cm³/mol. The molecule has 0 aliphatic rings. The molecule has 0 unspecified atom stereocenters. The van der Waals surface area contributed by atoms with Gasteiger partial charge in [-0.2, -0.15) is 4.98 Å². The summed E-state index contributed by atoms with van der Waals surface area (Å²) in [5.74, 6) is 0.0268. The molecule has 3 N–H and O–H groups in total. The van der Waals surface area contributed by atoms with Gasteiger partial charge in [0.15, 0.2) is 0 Å². The van der Waals surface area contributed by atoms with Crippen molar-refractivity contribution in [3.63, 3.8) is 0 Å². The zero-order valence-electron chi connectivity index (χ0n) is 10.8. The zero-order chi connectivity index (χ0) is 14.5. The van der Waals surface area contributed by atoms with Crippen molar-refractivity contribution in [1.29, 1.82) is 0 Å². The number of hydrogen-bond acceptors (Lipinski definition) is 5. The molecule has 0 aliphatic carbocycles. The van der Waals surface area contributed by atoms with Crippen LogP contribution in [0.5, 0.6) is 5.88 Å². The highest BCUT2D eigenvalue weighted by Gasteiger charge is 2.10. The van der Waals surface area contributed by atoms with Crippen molar-refractivity contribution in [3.05, 3.63) is 46.6 Å². The highest BCUT2D eigenvalue weighted by molar-refractivity contribution is 6.29. The highest BCUT2D eigenvalue weighted by Crippen LogP contribution is 2.16. The minimum atomic E-state index is -0.335. The molecule has 0 aliphatic heterocycles. The lowest BCUT2D eigenvalue weighted by Crippen LogP contribution is -2.14. The van der Waals surface area contributed by atoms with E-state index in [0.29, 0.717) is 12.1 Å². The fourth-order valence-electron chi connectivity index (χ4n) is 1.52. The standard InChI is InChI=1S/C13H13ClN4O2/c1-20-11-6-10(14)16-13(17-11)18-12(19)9-4-2-8(7-15)3-5-9/h2-6H,7,15H2,1H3,(H,16,17,18,19). The Morgan fingerprint density at radius 2 is 2.05 bits per heavy atom. The Bertz CT molecular complexity index is 616. The van der Waals surface area contributed by atoms with Crippen molar-refractivity contribution in [1.82, 2.24) is 9.97 Å². The van der Waals surface area contributed by atoms with Gasteiger partial charge in [0.1, 0.15) is 5.15 Å². The number of methoxy groups -OCH3 is 1. The number of nitrogens with zero attached hydrogens (tertiary/aromatic N) is 2. The summed E-state index contributed by atoms with van der Waals surface area (Å²) in [5, 5.41) is 2.74. The first-order valence-electron chi connectivity index (χ1n) is 5.81. The van der Waals surface area contributed by atoms with Gasteiger partial charge in [-0.15, -0.1) is 0 Å². The molecule has 2 aromatic rings. The van der Waals surface area contributed by atoms with Gasteiger partial charge in [-0.3, -0.25) is 10.1 Å². The third-order valence-electron chi connectivity index (χ3n) is 2.56. The lowest BCUT2D eigenvalue weighted by atomic mass is 10.1. The molecule has 1 aromatic heterocycles. The van der Waals surface area contributed by atoms with E-state index in [9.17, 15) is 4.79 Å². The SMILES string of the molecule is COc1cc(Cl)nc(NC(=O)c2ccc(CN)cc2)n1. The summed E-state index contributed by atoms with van der Waals surface area (Å²) >= 11 is 5.80. The third-order valence-corrected chi connectivity index (χ3v) is 2.75. The first kappa shape index (κ1) is 14.2. The van der Waals surface area contributed by atoms with E-state index in [1.54, 1.807) is 24.3 Å². The van der Waals surface area contributed by atoms with Gasteiger partial charge < -0.3 is 10.5 Å². The Hall–Kier alpha value is -2.18. The summed E-state index contributed by atoms with van der Waals surface area (Å²) in [6, 6.07) is 8.38. The molecule has 1 aromatic carbocycles. The van der Waals surface area contributed by atoms with Crippen LogP contribution in [0.4, 0.5) is 5.95 Å². The topological polar surface area (TPSA) is 90.1 Å². The minimum absolute atomic E-state index is 0.0854. The van der Waals surface area contributed by atoms with Crippen LogP contribution in [0.25, 0.3) is 0 Å². The molecular formula is C13H13ClN4O2. The first-order valence-corrected chi connectivity index (χ1v) is 6.19. The Kier molecular flexibility index (Phi) is 4.49. The van der Waals surface area contributed by atoms with Gasteiger partial charge in [0, 0.05) is 18.2 Å². The molecular weight excluding hydrogens is 280 g/mol. The average molecular weight is 293 g/mol. The number of benzene rings is 1. The summed E-state index contributed by atoms with van der Waals surface area (Å²) in [6.07, 6.45) is 0. The highest BCUT2D eigenvalue weighted by atomic mass is 35.5. The Morgan fingerprint density at radius 1 is 1.35 bits per heavy atom. The number of nitrogens with two attached hydrogens (primary N) is 1. The van der Waals surface area contributed by atoms with Gasteiger partial charge in [-0.1, -0.05) is 23.7 Å². The maximum Gasteiger partial charge on any atom is 0.258 e. The predicted octanol–water partition coefficient (Wildman–Crippen LogP) is 1.85. The van der Waals surface area contributed by atoms with Crippen molar-refractivity contribution < 1.29 is 9.53 Å². The first-order chi connectivity index (χ1) is 9.62. The van der Waals surface area contributed by atoms with E-state index in [1.165, 1.54) is 13.2 Å². The van der Waals surface area contributed by atoms with Gasteiger partial charge in [-0.05, 0) is 17.7 Å². The number of ether oxygens (including phenoxy) is 1. The van der Waals surface area contributed by atoms with Crippen LogP contribution in [0.1, 0.15) is 15.9 Å². The van der Waals surface area contributed by atoms with Gasteiger partial charge in [-0.25, -0.2) is 4.98 Å². The second kappa shape index (κ2) is 6.31. The normalized spacial score (nSPS) is 10.2. The van der Waals surface area contributed by atoms with E-state index >= 15 is 0 Å². The van der Waals surface area contributed by atoms with E-state index in [2.05, 4.69) is 15.3 Å². The van der Waals surface area contributed by atoms with Crippen molar-refractivity contribution >= 4 is 23.5 Å². The van der Waals surface area contributed by atoms with E-state index < -0.39 is 0 Å². The summed E-state index contributed by atoms with van der Waals surface area (Å²) in [6.45, 7) is 0.427. The quantitative estimate of drug-likeness (QED) is 0.839. The van der Waals surface area contributed by atoms with Crippen LogP contribution >= 0.6 is 11.6 Å². The number of aromatic nitrogens is 2. The van der Waals surface area contributed by atoms with Gasteiger partial charge in [0.25, 0.3) is 5.91 Å². The minimum Gasteiger partial charge on any atom is -0.481 e. The molecule has 0 fully saturated rings. The lowest BCUT2D eigenvalue weighted by Gasteiger charge is -2.06. The molecule has 20 heavy (non-hydrogen) atoms. The van der Waals surface area contributed by atoms with Crippen LogP contribution in [0.15, 0.2) is 30.3 Å². The number of nitrogens with one attached hydrogen (secondary N) is 1. The molecule has 0 radical (unpaired) electrons. The maximum absolute atomic E-state index is 12.0. The summed E-state index contributed by atoms with van der Waals surface area (Å²) < 4.78 is 4.95. The van der Waals surface area contributed by atoms with Gasteiger partial charge in [0.05, 0.1) is 7.11 Å². The number of carbonyl (C=O) groups is 1. The molecule has 1 amide bonds. The molecule has 7 heteroatoms. The van der Waals surface area contributed by atoms with E-state index in [1.807, 2.05) is 0 Å². The van der Waals surface area contributed by atoms with Crippen LogP contribution in [0.3, 0.4) is 0 Å². The summed E-state index contributed by atoms with van der Waals surface area (Å²) in [7, 11) is 1.45. The van der Waals surface area contributed by atoms with Crippen LogP contribution in [-0.4, -0.2) is 23.0 Å². The molecule has 2 rings (SSSR count). The number of amides is 1.